The van der Waals surface area contributed by atoms with E-state index in [9.17, 15) is 9.59 Å². The Morgan fingerprint density at radius 1 is 1.29 bits per heavy atom. The van der Waals surface area contributed by atoms with Gasteiger partial charge in [0.05, 0.1) is 6.61 Å². The van der Waals surface area contributed by atoms with Crippen LogP contribution < -0.4 is 5.73 Å². The van der Waals surface area contributed by atoms with E-state index in [1.807, 2.05) is 0 Å². The first-order valence-electron chi connectivity index (χ1n) is 6.23. The lowest BCUT2D eigenvalue weighted by Gasteiger charge is -2.21. The molecule has 17 heavy (non-hydrogen) atoms. The van der Waals surface area contributed by atoms with E-state index in [1.54, 1.807) is 0 Å². The van der Waals surface area contributed by atoms with E-state index in [4.69, 9.17) is 15.6 Å². The molecule has 1 fully saturated rings. The minimum atomic E-state index is -1.08. The molecule has 0 unspecified atom stereocenters. The largest absolute Gasteiger partial charge is 0.480 e. The highest BCUT2D eigenvalue weighted by molar-refractivity contribution is 5.75. The van der Waals surface area contributed by atoms with Crippen LogP contribution >= 0.6 is 0 Å². The molecule has 1 rings (SSSR count). The van der Waals surface area contributed by atoms with Crippen molar-refractivity contribution in [1.82, 2.24) is 0 Å². The molecule has 0 aromatic carbocycles. The molecule has 1 aliphatic rings. The van der Waals surface area contributed by atoms with Gasteiger partial charge in [-0.05, 0) is 25.2 Å². The molecule has 5 heteroatoms. The van der Waals surface area contributed by atoms with Crippen molar-refractivity contribution in [3.05, 3.63) is 0 Å². The molecule has 0 bridgehead atoms. The topological polar surface area (TPSA) is 89.6 Å². The monoisotopic (exact) mass is 243 g/mol. The molecule has 0 aromatic heterocycles. The van der Waals surface area contributed by atoms with Crippen molar-refractivity contribution >= 4 is 11.9 Å². The summed E-state index contributed by atoms with van der Waals surface area (Å²) in [5.74, 6) is -0.932. The lowest BCUT2D eigenvalue weighted by Crippen LogP contribution is -2.30. The number of rotatable bonds is 6. The molecule has 0 saturated heterocycles. The van der Waals surface area contributed by atoms with Gasteiger partial charge in [-0.15, -0.1) is 0 Å². The van der Waals surface area contributed by atoms with Gasteiger partial charge in [0.1, 0.15) is 6.04 Å². The number of aliphatic carboxylic acids is 1. The van der Waals surface area contributed by atoms with E-state index in [0.717, 1.165) is 12.8 Å². The number of esters is 1. The van der Waals surface area contributed by atoms with Gasteiger partial charge in [0.2, 0.25) is 0 Å². The highest BCUT2D eigenvalue weighted by Gasteiger charge is 2.17. The Morgan fingerprint density at radius 2 is 1.94 bits per heavy atom. The predicted molar refractivity (Wildman–Crippen MR) is 62.4 cm³/mol. The second kappa shape index (κ2) is 7.27. The molecule has 0 amide bonds. The molecule has 5 nitrogen and oxygen atoms in total. The first-order chi connectivity index (χ1) is 8.09. The van der Waals surface area contributed by atoms with Crippen LogP contribution in [0.5, 0.6) is 0 Å². The number of hydrogen-bond donors (Lipinski definition) is 2. The van der Waals surface area contributed by atoms with Gasteiger partial charge < -0.3 is 15.6 Å². The molecule has 0 aliphatic heterocycles. The Morgan fingerprint density at radius 3 is 2.53 bits per heavy atom. The summed E-state index contributed by atoms with van der Waals surface area (Å²) < 4.78 is 5.12. The molecule has 0 radical (unpaired) electrons. The van der Waals surface area contributed by atoms with Crippen LogP contribution in [0.25, 0.3) is 0 Å². The molecule has 0 aromatic rings. The van der Waals surface area contributed by atoms with Crippen molar-refractivity contribution < 1.29 is 19.4 Å². The number of hydrogen-bond acceptors (Lipinski definition) is 4. The fraction of sp³-hybridized carbons (Fsp3) is 0.833. The van der Waals surface area contributed by atoms with Crippen LogP contribution in [0, 0.1) is 5.92 Å². The average Bonchev–Trinajstić information content (AvgIpc) is 2.34. The van der Waals surface area contributed by atoms with Gasteiger partial charge in [-0.25, -0.2) is 0 Å². The van der Waals surface area contributed by atoms with E-state index in [-0.39, 0.29) is 18.8 Å². The molecule has 1 atom stereocenters. The lowest BCUT2D eigenvalue weighted by molar-refractivity contribution is -0.146. The number of carboxylic acid groups (broad SMARTS) is 1. The SMILES string of the molecule is N[C@@H](CCC(=O)OCC1CCCCC1)C(=O)O. The first-order valence-corrected chi connectivity index (χ1v) is 6.23. The summed E-state index contributed by atoms with van der Waals surface area (Å²) in [5.41, 5.74) is 5.30. The smallest absolute Gasteiger partial charge is 0.320 e. The lowest BCUT2D eigenvalue weighted by atomic mass is 9.90. The molecule has 3 N–H and O–H groups in total. The first kappa shape index (κ1) is 14.0. The highest BCUT2D eigenvalue weighted by atomic mass is 16.5. The van der Waals surface area contributed by atoms with Crippen LogP contribution in [0.1, 0.15) is 44.9 Å². The van der Waals surface area contributed by atoms with Gasteiger partial charge in [0.25, 0.3) is 0 Å². The third kappa shape index (κ3) is 5.68. The zero-order valence-electron chi connectivity index (χ0n) is 10.1. The number of carbonyl (C=O) groups excluding carboxylic acids is 1. The minimum absolute atomic E-state index is 0.0835. The highest BCUT2D eigenvalue weighted by Crippen LogP contribution is 2.23. The summed E-state index contributed by atoms with van der Waals surface area (Å²) in [4.78, 5) is 21.8. The maximum absolute atomic E-state index is 11.3. The van der Waals surface area contributed by atoms with Crippen LogP contribution in [0.15, 0.2) is 0 Å². The normalized spacial score (nSPS) is 18.6. The zero-order chi connectivity index (χ0) is 12.7. The fourth-order valence-electron chi connectivity index (χ4n) is 2.03. The molecule has 0 heterocycles. The van der Waals surface area contributed by atoms with E-state index >= 15 is 0 Å². The van der Waals surface area contributed by atoms with Gasteiger partial charge in [-0.2, -0.15) is 0 Å². The van der Waals surface area contributed by atoms with Crippen molar-refractivity contribution in [2.45, 2.75) is 51.0 Å². The molecule has 1 aliphatic carbocycles. The van der Waals surface area contributed by atoms with Gasteiger partial charge in [0, 0.05) is 6.42 Å². The number of nitrogens with two attached hydrogens (primary N) is 1. The third-order valence-electron chi connectivity index (χ3n) is 3.18. The Hall–Kier alpha value is -1.10. The second-order valence-electron chi connectivity index (χ2n) is 4.67. The Balaban J connectivity index is 2.10. The van der Waals surface area contributed by atoms with Gasteiger partial charge in [-0.1, -0.05) is 19.3 Å². The zero-order valence-corrected chi connectivity index (χ0v) is 10.1. The number of carbonyl (C=O) groups is 2. The molecule has 0 spiro atoms. The van der Waals surface area contributed by atoms with Crippen molar-refractivity contribution in [2.24, 2.45) is 11.7 Å². The van der Waals surface area contributed by atoms with Crippen LogP contribution in [-0.2, 0) is 14.3 Å². The Kier molecular flexibility index (Phi) is 5.97. The molecule has 98 valence electrons. The van der Waals surface area contributed by atoms with Crippen molar-refractivity contribution in [3.8, 4) is 0 Å². The van der Waals surface area contributed by atoms with Crippen LogP contribution in [0.4, 0.5) is 0 Å². The van der Waals surface area contributed by atoms with Gasteiger partial charge in [0.15, 0.2) is 0 Å². The van der Waals surface area contributed by atoms with E-state index in [0.29, 0.717) is 12.5 Å². The summed E-state index contributed by atoms with van der Waals surface area (Å²) in [7, 11) is 0. The van der Waals surface area contributed by atoms with Gasteiger partial charge in [-0.3, -0.25) is 9.59 Å². The summed E-state index contributed by atoms with van der Waals surface area (Å²) in [6.07, 6.45) is 6.18. The minimum Gasteiger partial charge on any atom is -0.480 e. The maximum atomic E-state index is 11.3. The Labute approximate surface area is 101 Å². The summed E-state index contributed by atoms with van der Waals surface area (Å²) in [6, 6.07) is -0.975. The standard InChI is InChI=1S/C12H21NO4/c13-10(12(15)16)6-7-11(14)17-8-9-4-2-1-3-5-9/h9-10H,1-8,13H2,(H,15,16)/t10-/m0/s1. The van der Waals surface area contributed by atoms with Crippen LogP contribution in [0.3, 0.4) is 0 Å². The van der Waals surface area contributed by atoms with E-state index in [2.05, 4.69) is 0 Å². The van der Waals surface area contributed by atoms with E-state index < -0.39 is 12.0 Å². The predicted octanol–water partition coefficient (Wildman–Crippen LogP) is 1.30. The summed E-state index contributed by atoms with van der Waals surface area (Å²) in [6.45, 7) is 0.473. The average molecular weight is 243 g/mol. The van der Waals surface area contributed by atoms with Crippen molar-refractivity contribution in [3.63, 3.8) is 0 Å². The molecule has 1 saturated carbocycles. The quantitative estimate of drug-likeness (QED) is 0.686. The van der Waals surface area contributed by atoms with Gasteiger partial charge >= 0.3 is 11.9 Å². The second-order valence-corrected chi connectivity index (χ2v) is 4.67. The van der Waals surface area contributed by atoms with Crippen LogP contribution in [0.2, 0.25) is 0 Å². The van der Waals surface area contributed by atoms with Crippen molar-refractivity contribution in [1.29, 1.82) is 0 Å². The fourth-order valence-corrected chi connectivity index (χ4v) is 2.03. The third-order valence-corrected chi connectivity index (χ3v) is 3.18. The maximum Gasteiger partial charge on any atom is 0.320 e. The summed E-state index contributed by atoms with van der Waals surface area (Å²) in [5, 5.41) is 8.55. The Bertz CT molecular complexity index is 261. The van der Waals surface area contributed by atoms with E-state index in [1.165, 1.54) is 19.3 Å². The molecular weight excluding hydrogens is 222 g/mol. The van der Waals surface area contributed by atoms with Crippen molar-refractivity contribution in [2.75, 3.05) is 6.61 Å². The number of ether oxygens (including phenoxy) is 1. The van der Waals surface area contributed by atoms with Crippen LogP contribution in [-0.4, -0.2) is 29.7 Å². The summed E-state index contributed by atoms with van der Waals surface area (Å²) >= 11 is 0. The molecular formula is C12H21NO4. The number of carboxylic acids is 1.